The number of para-hydroxylation sites is 2. The Hall–Kier alpha value is -3.05. The number of allylic oxidation sites excluding steroid dienone is 2. The molecule has 5 heteroatoms. The van der Waals surface area contributed by atoms with E-state index in [1.54, 1.807) is 7.11 Å². The number of aromatic nitrogens is 1. The Labute approximate surface area is 176 Å². The molecule has 1 aromatic heterocycles. The fraction of sp³-hybridized carbons (Fsp3) is 0.320. The van der Waals surface area contributed by atoms with Gasteiger partial charge in [-0.1, -0.05) is 42.5 Å². The van der Waals surface area contributed by atoms with Crippen molar-refractivity contribution in [3.63, 3.8) is 0 Å². The van der Waals surface area contributed by atoms with E-state index in [0.717, 1.165) is 24.0 Å². The molecule has 3 N–H and O–H groups in total. The van der Waals surface area contributed by atoms with Crippen LogP contribution in [0.25, 0.3) is 10.9 Å². The summed E-state index contributed by atoms with van der Waals surface area (Å²) in [5, 5.41) is 8.05. The zero-order valence-corrected chi connectivity index (χ0v) is 17.2. The summed E-state index contributed by atoms with van der Waals surface area (Å²) in [5.74, 6) is 0.728. The molecule has 30 heavy (non-hydrogen) atoms. The molecule has 5 rings (SSSR count). The van der Waals surface area contributed by atoms with E-state index in [2.05, 4.69) is 64.3 Å². The van der Waals surface area contributed by atoms with Crippen LogP contribution in [-0.4, -0.2) is 31.2 Å². The largest absolute Gasteiger partial charge is 0.385 e. The van der Waals surface area contributed by atoms with Gasteiger partial charge in [0.15, 0.2) is 0 Å². The van der Waals surface area contributed by atoms with Crippen LogP contribution < -0.4 is 10.6 Å². The molecule has 1 aliphatic heterocycles. The Morgan fingerprint density at radius 1 is 1.17 bits per heavy atom. The number of H-pyrrole nitrogens is 1. The zero-order chi connectivity index (χ0) is 20.5. The molecule has 154 valence electrons. The molecule has 1 amide bonds. The van der Waals surface area contributed by atoms with Crippen molar-refractivity contribution >= 4 is 22.5 Å². The van der Waals surface area contributed by atoms with E-state index in [4.69, 9.17) is 4.74 Å². The van der Waals surface area contributed by atoms with Crippen LogP contribution in [0, 0.1) is 5.92 Å². The van der Waals surface area contributed by atoms with Gasteiger partial charge in [0.05, 0.1) is 17.3 Å². The van der Waals surface area contributed by atoms with E-state index < -0.39 is 0 Å². The first-order valence-corrected chi connectivity index (χ1v) is 10.7. The minimum atomic E-state index is -0.0337. The van der Waals surface area contributed by atoms with Gasteiger partial charge in [0.1, 0.15) is 0 Å². The summed E-state index contributed by atoms with van der Waals surface area (Å²) < 4.78 is 5.08. The van der Waals surface area contributed by atoms with Crippen LogP contribution in [-0.2, 0) is 4.74 Å². The van der Waals surface area contributed by atoms with E-state index >= 15 is 0 Å². The maximum absolute atomic E-state index is 13.0. The lowest BCUT2D eigenvalue weighted by Crippen LogP contribution is -2.32. The van der Waals surface area contributed by atoms with Crippen LogP contribution in [0.2, 0.25) is 0 Å². The number of anilines is 1. The second-order valence-corrected chi connectivity index (χ2v) is 8.14. The quantitative estimate of drug-likeness (QED) is 0.412. The topological polar surface area (TPSA) is 66.2 Å². The molecule has 0 saturated carbocycles. The summed E-state index contributed by atoms with van der Waals surface area (Å²) >= 11 is 0. The van der Waals surface area contributed by atoms with E-state index in [1.807, 2.05) is 12.1 Å². The highest BCUT2D eigenvalue weighted by Crippen LogP contribution is 2.51. The number of carbonyl (C=O) groups excluding carboxylic acids is 1. The predicted molar refractivity (Wildman–Crippen MR) is 120 cm³/mol. The number of methoxy groups -OCH3 is 1. The van der Waals surface area contributed by atoms with Gasteiger partial charge >= 0.3 is 0 Å². The van der Waals surface area contributed by atoms with Crippen molar-refractivity contribution in [3.8, 4) is 0 Å². The minimum absolute atomic E-state index is 0.0337. The maximum atomic E-state index is 13.0. The fourth-order valence-corrected chi connectivity index (χ4v) is 4.98. The Morgan fingerprint density at radius 3 is 2.97 bits per heavy atom. The molecule has 2 aliphatic rings. The minimum Gasteiger partial charge on any atom is -0.385 e. The van der Waals surface area contributed by atoms with Crippen LogP contribution in [0.15, 0.2) is 60.8 Å². The molecule has 0 spiro atoms. The van der Waals surface area contributed by atoms with Gasteiger partial charge in [0.2, 0.25) is 0 Å². The molecule has 3 aromatic rings. The number of amides is 1. The van der Waals surface area contributed by atoms with Gasteiger partial charge in [-0.2, -0.15) is 0 Å². The molecule has 0 fully saturated rings. The number of hydrogen-bond donors (Lipinski definition) is 3. The third-order valence-electron chi connectivity index (χ3n) is 6.41. The summed E-state index contributed by atoms with van der Waals surface area (Å²) in [7, 11) is 1.68. The van der Waals surface area contributed by atoms with Crippen molar-refractivity contribution < 1.29 is 9.53 Å². The van der Waals surface area contributed by atoms with Gasteiger partial charge in [-0.05, 0) is 42.0 Å². The summed E-state index contributed by atoms with van der Waals surface area (Å²) in [4.78, 5) is 16.4. The summed E-state index contributed by atoms with van der Waals surface area (Å²) in [6, 6.07) is 14.6. The van der Waals surface area contributed by atoms with Gasteiger partial charge < -0.3 is 20.4 Å². The lowest BCUT2D eigenvalue weighted by Gasteiger charge is -2.38. The molecule has 1 aliphatic carbocycles. The Kier molecular flexibility index (Phi) is 5.05. The average molecular weight is 402 g/mol. The molecule has 0 saturated heterocycles. The van der Waals surface area contributed by atoms with Crippen LogP contribution in [0.5, 0.6) is 0 Å². The average Bonchev–Trinajstić information content (AvgIpc) is 3.43. The SMILES string of the molecule is COCCCNC(=O)c1cccc2c1NC(c1c[nH]c3ccccc13)C1CC=CC21. The van der Waals surface area contributed by atoms with Crippen LogP contribution >= 0.6 is 0 Å². The molecule has 5 nitrogen and oxygen atoms in total. The van der Waals surface area contributed by atoms with Crippen molar-refractivity contribution in [1.82, 2.24) is 10.3 Å². The van der Waals surface area contributed by atoms with Gasteiger partial charge in [-0.25, -0.2) is 0 Å². The van der Waals surface area contributed by atoms with Crippen molar-refractivity contribution in [3.05, 3.63) is 77.5 Å². The highest BCUT2D eigenvalue weighted by Gasteiger charge is 2.40. The van der Waals surface area contributed by atoms with Gasteiger partial charge in [0, 0.05) is 43.3 Å². The Morgan fingerprint density at radius 2 is 2.07 bits per heavy atom. The molecular weight excluding hydrogens is 374 g/mol. The molecule has 2 aromatic carbocycles. The predicted octanol–water partition coefficient (Wildman–Crippen LogP) is 4.76. The summed E-state index contributed by atoms with van der Waals surface area (Å²) in [5.41, 5.74) is 5.31. The highest BCUT2D eigenvalue weighted by molar-refractivity contribution is 6.01. The first kappa shape index (κ1) is 18.9. The maximum Gasteiger partial charge on any atom is 0.253 e. The number of hydrogen-bond acceptors (Lipinski definition) is 3. The smallest absolute Gasteiger partial charge is 0.253 e. The van der Waals surface area contributed by atoms with Crippen molar-refractivity contribution in [1.29, 1.82) is 0 Å². The summed E-state index contributed by atoms with van der Waals surface area (Å²) in [6.45, 7) is 1.25. The Bertz CT molecular complexity index is 1100. The fourth-order valence-electron chi connectivity index (χ4n) is 4.98. The number of carbonyl (C=O) groups is 1. The number of nitrogens with one attached hydrogen (secondary N) is 3. The van der Waals surface area contributed by atoms with Crippen molar-refractivity contribution in [2.24, 2.45) is 5.92 Å². The van der Waals surface area contributed by atoms with Gasteiger partial charge in [0.25, 0.3) is 5.91 Å². The van der Waals surface area contributed by atoms with Crippen LogP contribution in [0.4, 0.5) is 5.69 Å². The molecule has 0 bridgehead atoms. The second-order valence-electron chi connectivity index (χ2n) is 8.14. The molecule has 0 radical (unpaired) electrons. The normalized spacial score (nSPS) is 21.8. The number of aromatic amines is 1. The lowest BCUT2D eigenvalue weighted by atomic mass is 9.76. The first-order valence-electron chi connectivity index (χ1n) is 10.7. The number of benzene rings is 2. The van der Waals surface area contributed by atoms with E-state index in [1.165, 1.54) is 16.5 Å². The van der Waals surface area contributed by atoms with Crippen LogP contribution in [0.1, 0.15) is 46.3 Å². The molecule has 2 heterocycles. The van der Waals surface area contributed by atoms with E-state index in [9.17, 15) is 4.79 Å². The number of fused-ring (bicyclic) bond motifs is 4. The lowest BCUT2D eigenvalue weighted by molar-refractivity contribution is 0.0949. The Balaban J connectivity index is 1.51. The van der Waals surface area contributed by atoms with Crippen molar-refractivity contribution in [2.45, 2.75) is 24.8 Å². The number of ether oxygens (including phenoxy) is 1. The standard InChI is InChI=1S/C25H27N3O2/c1-30-14-6-13-26-25(29)20-11-5-10-18-16-8-4-9-19(16)24(28-23(18)20)21-15-27-22-12-3-2-7-17(21)22/h2-5,7-8,10-12,15-16,19,24,27-28H,6,9,13-14H2,1H3,(H,26,29). The van der Waals surface area contributed by atoms with Gasteiger partial charge in [-0.15, -0.1) is 0 Å². The number of rotatable bonds is 6. The molecular formula is C25H27N3O2. The van der Waals surface area contributed by atoms with Crippen LogP contribution in [0.3, 0.4) is 0 Å². The second kappa shape index (κ2) is 8.00. The van der Waals surface area contributed by atoms with Gasteiger partial charge in [-0.3, -0.25) is 4.79 Å². The third-order valence-corrected chi connectivity index (χ3v) is 6.41. The molecule has 3 atom stereocenters. The van der Waals surface area contributed by atoms with Crippen molar-refractivity contribution in [2.75, 3.05) is 25.6 Å². The molecule has 3 unspecified atom stereocenters. The van der Waals surface area contributed by atoms with E-state index in [0.29, 0.717) is 30.6 Å². The third kappa shape index (κ3) is 3.19. The van der Waals surface area contributed by atoms with E-state index in [-0.39, 0.29) is 11.9 Å². The first-order chi connectivity index (χ1) is 14.8. The monoisotopic (exact) mass is 401 g/mol. The highest BCUT2D eigenvalue weighted by atomic mass is 16.5. The zero-order valence-electron chi connectivity index (χ0n) is 17.2. The summed E-state index contributed by atoms with van der Waals surface area (Å²) in [6.07, 6.45) is 8.55.